The Balaban J connectivity index is 1.71. The van der Waals surface area contributed by atoms with Gasteiger partial charge in [0.15, 0.2) is 0 Å². The van der Waals surface area contributed by atoms with E-state index in [1.165, 1.54) is 12.1 Å². The van der Waals surface area contributed by atoms with Crippen LogP contribution in [-0.2, 0) is 0 Å². The number of hydrogen-bond acceptors (Lipinski definition) is 4. The van der Waals surface area contributed by atoms with Gasteiger partial charge in [0.25, 0.3) is 5.78 Å². The Labute approximate surface area is 175 Å². The van der Waals surface area contributed by atoms with Gasteiger partial charge in [-0.1, -0.05) is 48.5 Å². The minimum atomic E-state index is -4.92. The number of rotatable bonds is 4. The zero-order valence-electron chi connectivity index (χ0n) is 16.1. The maximum absolute atomic E-state index is 12.6. The van der Waals surface area contributed by atoms with E-state index >= 15 is 0 Å². The van der Waals surface area contributed by atoms with Gasteiger partial charge in [0, 0.05) is 22.4 Å². The van der Waals surface area contributed by atoms with Gasteiger partial charge in [0.2, 0.25) is 0 Å². The van der Waals surface area contributed by atoms with Gasteiger partial charge in [0.05, 0.1) is 11.4 Å². The van der Waals surface area contributed by atoms with E-state index in [2.05, 4.69) is 10.2 Å². The van der Waals surface area contributed by atoms with E-state index in [-0.39, 0.29) is 0 Å². The standard InChI is InChI=1S/C24H16F3N3O/c25-24(26,27)23(31)16-9-12-17(13-10-16)29-30-21-8-4-3-7-19(21)22-18-6-2-1-5-15(18)11-14-20(22)28/h1-14H,28H2. The van der Waals surface area contributed by atoms with Crippen molar-refractivity contribution in [3.05, 3.63) is 90.5 Å². The van der Waals surface area contributed by atoms with E-state index in [0.29, 0.717) is 17.1 Å². The lowest BCUT2D eigenvalue weighted by Crippen LogP contribution is -2.22. The van der Waals surface area contributed by atoms with Crippen LogP contribution < -0.4 is 5.73 Å². The normalized spacial score (nSPS) is 11.8. The molecule has 4 rings (SSSR count). The van der Waals surface area contributed by atoms with Gasteiger partial charge in [-0.25, -0.2) is 0 Å². The fourth-order valence-electron chi connectivity index (χ4n) is 3.32. The van der Waals surface area contributed by atoms with Crippen molar-refractivity contribution in [2.45, 2.75) is 6.18 Å². The number of nitrogen functional groups attached to an aromatic ring is 1. The Bertz CT molecular complexity index is 1300. The molecule has 0 saturated carbocycles. The second-order valence-corrected chi connectivity index (χ2v) is 6.84. The first-order chi connectivity index (χ1) is 14.8. The molecule has 0 heterocycles. The third kappa shape index (κ3) is 4.16. The van der Waals surface area contributed by atoms with Gasteiger partial charge in [0.1, 0.15) is 0 Å². The number of alkyl halides is 3. The third-order valence-corrected chi connectivity index (χ3v) is 4.79. The van der Waals surface area contributed by atoms with E-state index in [1.807, 2.05) is 54.6 Å². The number of benzene rings is 4. The molecule has 0 radical (unpaired) electrons. The number of carbonyl (C=O) groups is 1. The van der Waals surface area contributed by atoms with Crippen molar-refractivity contribution >= 4 is 33.6 Å². The third-order valence-electron chi connectivity index (χ3n) is 4.79. The number of carbonyl (C=O) groups excluding carboxylic acids is 1. The second kappa shape index (κ2) is 8.02. The monoisotopic (exact) mass is 419 g/mol. The molecule has 0 bridgehead atoms. The summed E-state index contributed by atoms with van der Waals surface area (Å²) in [7, 11) is 0. The highest BCUT2D eigenvalue weighted by Crippen LogP contribution is 2.39. The predicted octanol–water partition coefficient (Wildman–Crippen LogP) is 7.25. The molecule has 4 aromatic carbocycles. The van der Waals surface area contributed by atoms with Gasteiger partial charge in [-0.2, -0.15) is 18.3 Å². The van der Waals surface area contributed by atoms with Crippen LogP contribution in [0.4, 0.5) is 30.2 Å². The van der Waals surface area contributed by atoms with Gasteiger partial charge < -0.3 is 5.73 Å². The molecule has 0 aromatic heterocycles. The largest absolute Gasteiger partial charge is 0.454 e. The molecule has 31 heavy (non-hydrogen) atoms. The minimum absolute atomic E-state index is 0.319. The highest BCUT2D eigenvalue weighted by molar-refractivity contribution is 6.04. The molecule has 0 unspecified atom stereocenters. The number of fused-ring (bicyclic) bond motifs is 1. The van der Waals surface area contributed by atoms with Crippen LogP contribution in [0, 0.1) is 0 Å². The van der Waals surface area contributed by atoms with Crippen LogP contribution in [-0.4, -0.2) is 12.0 Å². The predicted molar refractivity (Wildman–Crippen MR) is 115 cm³/mol. The SMILES string of the molecule is Nc1ccc2ccccc2c1-c1ccccc1N=Nc1ccc(C(=O)C(F)(F)F)cc1. The second-order valence-electron chi connectivity index (χ2n) is 6.84. The average molecular weight is 419 g/mol. The molecule has 154 valence electrons. The summed E-state index contributed by atoms with van der Waals surface area (Å²) in [5, 5.41) is 10.4. The Morgan fingerprint density at radius 1 is 0.774 bits per heavy atom. The lowest BCUT2D eigenvalue weighted by atomic mass is 9.95. The van der Waals surface area contributed by atoms with Gasteiger partial charge in [-0.15, -0.1) is 5.11 Å². The summed E-state index contributed by atoms with van der Waals surface area (Å²) in [5.74, 6) is -1.90. The Morgan fingerprint density at radius 3 is 2.19 bits per heavy atom. The first-order valence-corrected chi connectivity index (χ1v) is 9.34. The van der Waals surface area contributed by atoms with Crippen molar-refractivity contribution in [1.82, 2.24) is 0 Å². The zero-order chi connectivity index (χ0) is 22.0. The van der Waals surface area contributed by atoms with Crippen LogP contribution in [0.2, 0.25) is 0 Å². The quantitative estimate of drug-likeness (QED) is 0.215. The number of hydrogen-bond donors (Lipinski definition) is 1. The fraction of sp³-hybridized carbons (Fsp3) is 0.0417. The van der Waals surface area contributed by atoms with Crippen molar-refractivity contribution in [2.24, 2.45) is 10.2 Å². The molecule has 0 aliphatic heterocycles. The summed E-state index contributed by atoms with van der Waals surface area (Å²) in [6, 6.07) is 23.8. The highest BCUT2D eigenvalue weighted by Gasteiger charge is 2.39. The van der Waals surface area contributed by atoms with Crippen LogP contribution in [0.1, 0.15) is 10.4 Å². The molecule has 2 N–H and O–H groups in total. The van der Waals surface area contributed by atoms with Crippen molar-refractivity contribution in [3.63, 3.8) is 0 Å². The lowest BCUT2D eigenvalue weighted by molar-refractivity contribution is -0.0885. The Hall–Kier alpha value is -4.00. The van der Waals surface area contributed by atoms with Crippen molar-refractivity contribution in [2.75, 3.05) is 5.73 Å². The summed E-state index contributed by atoms with van der Waals surface area (Å²) in [6.45, 7) is 0. The summed E-state index contributed by atoms with van der Waals surface area (Å²) in [4.78, 5) is 11.3. The molecule has 0 spiro atoms. The molecule has 4 nitrogen and oxygen atoms in total. The van der Waals surface area contributed by atoms with Gasteiger partial charge in [-0.05, 0) is 47.2 Å². The van der Waals surface area contributed by atoms with Crippen LogP contribution in [0.3, 0.4) is 0 Å². The first-order valence-electron chi connectivity index (χ1n) is 9.34. The Kier molecular flexibility index (Phi) is 5.25. The van der Waals surface area contributed by atoms with Crippen molar-refractivity contribution < 1.29 is 18.0 Å². The van der Waals surface area contributed by atoms with E-state index in [4.69, 9.17) is 5.73 Å². The number of ketones is 1. The van der Waals surface area contributed by atoms with Gasteiger partial charge in [-0.3, -0.25) is 4.79 Å². The number of Topliss-reactive ketones (excluding diaryl/α,β-unsaturated/α-hetero) is 1. The van der Waals surface area contributed by atoms with E-state index < -0.39 is 17.5 Å². The highest BCUT2D eigenvalue weighted by atomic mass is 19.4. The maximum Gasteiger partial charge on any atom is 0.454 e. The van der Waals surface area contributed by atoms with Crippen molar-refractivity contribution in [3.8, 4) is 11.1 Å². The molecule has 0 amide bonds. The average Bonchev–Trinajstić information content (AvgIpc) is 2.77. The van der Waals surface area contributed by atoms with Crippen LogP contribution in [0.5, 0.6) is 0 Å². The van der Waals surface area contributed by atoms with E-state index in [1.54, 1.807) is 6.07 Å². The van der Waals surface area contributed by atoms with E-state index in [9.17, 15) is 18.0 Å². The fourth-order valence-corrected chi connectivity index (χ4v) is 3.32. The van der Waals surface area contributed by atoms with Gasteiger partial charge >= 0.3 is 6.18 Å². The number of nitrogens with two attached hydrogens (primary N) is 1. The molecular formula is C24H16F3N3O. The number of halogens is 3. The molecule has 4 aromatic rings. The summed E-state index contributed by atoms with van der Waals surface area (Å²) >= 11 is 0. The van der Waals surface area contributed by atoms with Crippen molar-refractivity contribution in [1.29, 1.82) is 0 Å². The number of anilines is 1. The smallest absolute Gasteiger partial charge is 0.398 e. The Morgan fingerprint density at radius 2 is 1.45 bits per heavy atom. The van der Waals surface area contributed by atoms with Crippen LogP contribution in [0.15, 0.2) is 95.2 Å². The molecule has 0 aliphatic carbocycles. The van der Waals surface area contributed by atoms with Crippen LogP contribution >= 0.6 is 0 Å². The molecular weight excluding hydrogens is 403 g/mol. The van der Waals surface area contributed by atoms with Crippen LogP contribution in [0.25, 0.3) is 21.9 Å². The summed E-state index contributed by atoms with van der Waals surface area (Å²) in [5.41, 5.74) is 8.91. The minimum Gasteiger partial charge on any atom is -0.398 e. The number of azo groups is 1. The molecule has 0 aliphatic rings. The first kappa shape index (κ1) is 20.3. The molecule has 0 atom stereocenters. The summed E-state index contributed by atoms with van der Waals surface area (Å²) < 4.78 is 37.7. The maximum atomic E-state index is 12.6. The number of nitrogens with zero attached hydrogens (tertiary/aromatic N) is 2. The molecule has 7 heteroatoms. The topological polar surface area (TPSA) is 67.8 Å². The summed E-state index contributed by atoms with van der Waals surface area (Å²) in [6.07, 6.45) is -4.92. The molecule has 0 fully saturated rings. The zero-order valence-corrected chi connectivity index (χ0v) is 16.1. The lowest BCUT2D eigenvalue weighted by Gasteiger charge is -2.12. The van der Waals surface area contributed by atoms with E-state index in [0.717, 1.165) is 34.0 Å². The molecule has 0 saturated heterocycles.